The van der Waals surface area contributed by atoms with Crippen molar-refractivity contribution < 1.29 is 4.79 Å². The lowest BCUT2D eigenvalue weighted by molar-refractivity contribution is 0.0936. The minimum Gasteiger partial charge on any atom is -0.345 e. The fraction of sp³-hybridized carbons (Fsp3) is 0.188. The van der Waals surface area contributed by atoms with Crippen LogP contribution in [0.4, 0.5) is 0 Å². The topological polar surface area (TPSA) is 29.1 Å². The van der Waals surface area contributed by atoms with Gasteiger partial charge in [-0.1, -0.05) is 40.2 Å². The predicted octanol–water partition coefficient (Wildman–Crippen LogP) is 3.87. The van der Waals surface area contributed by atoms with Gasteiger partial charge in [-0.05, 0) is 48.2 Å². The Morgan fingerprint density at radius 2 is 1.84 bits per heavy atom. The lowest BCUT2D eigenvalue weighted by atomic mass is 10.1. The van der Waals surface area contributed by atoms with Gasteiger partial charge in [0.2, 0.25) is 0 Å². The molecule has 19 heavy (non-hydrogen) atoms. The SMILES string of the molecule is O=C(NC1CCc2ccccc21)c1ccc(Br)cc1. The average molecular weight is 316 g/mol. The molecule has 1 aliphatic rings. The van der Waals surface area contributed by atoms with E-state index in [2.05, 4.69) is 39.4 Å². The van der Waals surface area contributed by atoms with E-state index in [1.807, 2.05) is 30.3 Å². The summed E-state index contributed by atoms with van der Waals surface area (Å²) in [6.45, 7) is 0. The third-order valence-corrected chi connectivity index (χ3v) is 4.07. The maximum absolute atomic E-state index is 12.2. The molecule has 1 aliphatic carbocycles. The number of carbonyl (C=O) groups excluding carboxylic acids is 1. The van der Waals surface area contributed by atoms with E-state index in [1.54, 1.807) is 0 Å². The summed E-state index contributed by atoms with van der Waals surface area (Å²) in [6, 6.07) is 15.9. The van der Waals surface area contributed by atoms with Gasteiger partial charge in [-0.2, -0.15) is 0 Å². The van der Waals surface area contributed by atoms with Gasteiger partial charge in [0, 0.05) is 10.0 Å². The lowest BCUT2D eigenvalue weighted by Crippen LogP contribution is -2.27. The van der Waals surface area contributed by atoms with E-state index in [4.69, 9.17) is 0 Å². The number of rotatable bonds is 2. The van der Waals surface area contributed by atoms with E-state index < -0.39 is 0 Å². The number of carbonyl (C=O) groups is 1. The smallest absolute Gasteiger partial charge is 0.251 e. The molecule has 3 heteroatoms. The molecular weight excluding hydrogens is 302 g/mol. The van der Waals surface area contributed by atoms with Crippen molar-refractivity contribution in [3.63, 3.8) is 0 Å². The predicted molar refractivity (Wildman–Crippen MR) is 79.1 cm³/mol. The van der Waals surface area contributed by atoms with Crippen LogP contribution in [0.1, 0.15) is 33.9 Å². The van der Waals surface area contributed by atoms with Gasteiger partial charge in [-0.3, -0.25) is 4.79 Å². The van der Waals surface area contributed by atoms with Gasteiger partial charge in [0.1, 0.15) is 0 Å². The maximum atomic E-state index is 12.2. The lowest BCUT2D eigenvalue weighted by Gasteiger charge is -2.14. The Kier molecular flexibility index (Phi) is 3.38. The van der Waals surface area contributed by atoms with Crippen LogP contribution < -0.4 is 5.32 Å². The fourth-order valence-corrected chi connectivity index (χ4v) is 2.81. The average Bonchev–Trinajstić information content (AvgIpc) is 2.83. The summed E-state index contributed by atoms with van der Waals surface area (Å²) >= 11 is 3.37. The van der Waals surface area contributed by atoms with Crippen LogP contribution in [-0.2, 0) is 6.42 Å². The van der Waals surface area contributed by atoms with Gasteiger partial charge >= 0.3 is 0 Å². The Labute approximate surface area is 121 Å². The Balaban J connectivity index is 1.76. The molecular formula is C16H14BrNO. The third-order valence-electron chi connectivity index (χ3n) is 3.54. The molecule has 3 rings (SSSR count). The number of halogens is 1. The van der Waals surface area contributed by atoms with Gasteiger partial charge in [-0.15, -0.1) is 0 Å². The van der Waals surface area contributed by atoms with Crippen LogP contribution in [0.2, 0.25) is 0 Å². The molecule has 0 fully saturated rings. The molecule has 96 valence electrons. The molecule has 0 radical (unpaired) electrons. The number of fused-ring (bicyclic) bond motifs is 1. The highest BCUT2D eigenvalue weighted by molar-refractivity contribution is 9.10. The Bertz CT molecular complexity index is 606. The summed E-state index contributed by atoms with van der Waals surface area (Å²) in [5.74, 6) is -0.00537. The van der Waals surface area contributed by atoms with Gasteiger partial charge in [0.05, 0.1) is 6.04 Å². The minimum atomic E-state index is -0.00537. The molecule has 1 atom stereocenters. The zero-order chi connectivity index (χ0) is 13.2. The van der Waals surface area contributed by atoms with Gasteiger partial charge < -0.3 is 5.32 Å². The molecule has 1 amide bonds. The molecule has 0 aromatic heterocycles. The van der Waals surface area contributed by atoms with Crippen LogP contribution >= 0.6 is 15.9 Å². The Morgan fingerprint density at radius 3 is 2.63 bits per heavy atom. The van der Waals surface area contributed by atoms with Crippen molar-refractivity contribution in [2.24, 2.45) is 0 Å². The first kappa shape index (κ1) is 12.4. The molecule has 0 saturated heterocycles. The van der Waals surface area contributed by atoms with Crippen molar-refractivity contribution in [3.8, 4) is 0 Å². The van der Waals surface area contributed by atoms with Crippen molar-refractivity contribution in [2.75, 3.05) is 0 Å². The number of nitrogens with one attached hydrogen (secondary N) is 1. The molecule has 1 unspecified atom stereocenters. The summed E-state index contributed by atoms with van der Waals surface area (Å²) in [6.07, 6.45) is 2.03. The minimum absolute atomic E-state index is 0.00537. The molecule has 0 heterocycles. The van der Waals surface area contributed by atoms with Gasteiger partial charge in [0.15, 0.2) is 0 Å². The van der Waals surface area contributed by atoms with Crippen molar-refractivity contribution in [2.45, 2.75) is 18.9 Å². The molecule has 2 nitrogen and oxygen atoms in total. The number of benzene rings is 2. The van der Waals surface area contributed by atoms with Crippen molar-refractivity contribution in [3.05, 3.63) is 69.7 Å². The quantitative estimate of drug-likeness (QED) is 0.895. The second kappa shape index (κ2) is 5.17. The monoisotopic (exact) mass is 315 g/mol. The summed E-state index contributed by atoms with van der Waals surface area (Å²) in [5, 5.41) is 3.12. The summed E-state index contributed by atoms with van der Waals surface area (Å²) in [5.41, 5.74) is 3.31. The van der Waals surface area contributed by atoms with E-state index >= 15 is 0 Å². The highest BCUT2D eigenvalue weighted by atomic mass is 79.9. The molecule has 0 aliphatic heterocycles. The largest absolute Gasteiger partial charge is 0.345 e. The normalized spacial score (nSPS) is 17.0. The van der Waals surface area contributed by atoms with E-state index in [0.717, 1.165) is 17.3 Å². The van der Waals surface area contributed by atoms with Crippen molar-refractivity contribution >= 4 is 21.8 Å². The standard InChI is InChI=1S/C16H14BrNO/c17-13-8-5-12(6-9-13)16(19)18-15-10-7-11-3-1-2-4-14(11)15/h1-6,8-9,15H,7,10H2,(H,18,19). The third kappa shape index (κ3) is 2.56. The van der Waals surface area contributed by atoms with Crippen LogP contribution in [0.25, 0.3) is 0 Å². The van der Waals surface area contributed by atoms with E-state index in [0.29, 0.717) is 5.56 Å². The van der Waals surface area contributed by atoms with Crippen LogP contribution in [-0.4, -0.2) is 5.91 Å². The maximum Gasteiger partial charge on any atom is 0.251 e. The van der Waals surface area contributed by atoms with E-state index in [1.165, 1.54) is 11.1 Å². The van der Waals surface area contributed by atoms with Crippen molar-refractivity contribution in [1.82, 2.24) is 5.32 Å². The molecule has 0 saturated carbocycles. The Hall–Kier alpha value is -1.61. The molecule has 0 bridgehead atoms. The number of aryl methyl sites for hydroxylation is 1. The zero-order valence-corrected chi connectivity index (χ0v) is 12.0. The van der Waals surface area contributed by atoms with Crippen LogP contribution in [0.15, 0.2) is 53.0 Å². The summed E-state index contributed by atoms with van der Waals surface area (Å²) < 4.78 is 0.982. The molecule has 0 spiro atoms. The first-order chi connectivity index (χ1) is 9.24. The molecule has 2 aromatic rings. The van der Waals surface area contributed by atoms with Crippen molar-refractivity contribution in [1.29, 1.82) is 0 Å². The Morgan fingerprint density at radius 1 is 1.11 bits per heavy atom. The highest BCUT2D eigenvalue weighted by Crippen LogP contribution is 2.30. The number of hydrogen-bond donors (Lipinski definition) is 1. The fourth-order valence-electron chi connectivity index (χ4n) is 2.55. The zero-order valence-electron chi connectivity index (χ0n) is 10.4. The second-order valence-corrected chi connectivity index (χ2v) is 5.69. The number of amides is 1. The van der Waals surface area contributed by atoms with Gasteiger partial charge in [-0.25, -0.2) is 0 Å². The molecule has 2 aromatic carbocycles. The first-order valence-electron chi connectivity index (χ1n) is 6.38. The highest BCUT2D eigenvalue weighted by Gasteiger charge is 2.23. The number of hydrogen-bond acceptors (Lipinski definition) is 1. The summed E-state index contributed by atoms with van der Waals surface area (Å²) in [7, 11) is 0. The van der Waals surface area contributed by atoms with Gasteiger partial charge in [0.25, 0.3) is 5.91 Å². The van der Waals surface area contributed by atoms with Crippen LogP contribution in [0, 0.1) is 0 Å². The van der Waals surface area contributed by atoms with E-state index in [9.17, 15) is 4.79 Å². The summed E-state index contributed by atoms with van der Waals surface area (Å²) in [4.78, 5) is 12.2. The van der Waals surface area contributed by atoms with Crippen LogP contribution in [0.3, 0.4) is 0 Å². The van der Waals surface area contributed by atoms with Crippen LogP contribution in [0.5, 0.6) is 0 Å². The molecule has 1 N–H and O–H groups in total. The van der Waals surface area contributed by atoms with E-state index in [-0.39, 0.29) is 11.9 Å². The first-order valence-corrected chi connectivity index (χ1v) is 7.17. The second-order valence-electron chi connectivity index (χ2n) is 4.77.